The fraction of sp³-hybridized carbons (Fsp3) is 0.600. The van der Waals surface area contributed by atoms with Gasteiger partial charge in [0.2, 0.25) is 0 Å². The molecule has 2 rings (SSSR count). The summed E-state index contributed by atoms with van der Waals surface area (Å²) >= 11 is 2.00. The molecule has 1 saturated heterocycles. The van der Waals surface area contributed by atoms with Crippen molar-refractivity contribution in [2.24, 2.45) is 5.84 Å². The van der Waals surface area contributed by atoms with E-state index in [1.54, 1.807) is 12.4 Å². The van der Waals surface area contributed by atoms with Gasteiger partial charge in [-0.15, -0.1) is 0 Å². The summed E-state index contributed by atoms with van der Waals surface area (Å²) < 4.78 is 0.270. The smallest absolute Gasteiger partial charge is 0.160 e. The number of hydrogen-bond donors (Lipinski definition) is 2. The Balaban J connectivity index is 2.16. The number of nitrogens with zero attached hydrogens (tertiary/aromatic N) is 3. The van der Waals surface area contributed by atoms with Crippen molar-refractivity contribution in [3.63, 3.8) is 0 Å². The van der Waals surface area contributed by atoms with Crippen LogP contribution in [0.4, 0.5) is 11.6 Å². The predicted molar refractivity (Wildman–Crippen MR) is 68.6 cm³/mol. The minimum Gasteiger partial charge on any atom is -0.353 e. The maximum atomic E-state index is 5.33. The minimum absolute atomic E-state index is 0.270. The van der Waals surface area contributed by atoms with Gasteiger partial charge in [0.1, 0.15) is 5.82 Å². The molecule has 1 aromatic heterocycles. The van der Waals surface area contributed by atoms with E-state index >= 15 is 0 Å². The molecule has 0 unspecified atom stereocenters. The molecule has 0 spiro atoms. The van der Waals surface area contributed by atoms with E-state index in [0.717, 1.165) is 24.7 Å². The summed E-state index contributed by atoms with van der Waals surface area (Å²) in [6.07, 6.45) is 3.40. The summed E-state index contributed by atoms with van der Waals surface area (Å²) in [5.74, 6) is 7.94. The van der Waals surface area contributed by atoms with Crippen LogP contribution in [0.3, 0.4) is 0 Å². The molecule has 2 heterocycles. The van der Waals surface area contributed by atoms with Crippen LogP contribution >= 0.6 is 11.8 Å². The van der Waals surface area contributed by atoms with Gasteiger partial charge >= 0.3 is 0 Å². The van der Waals surface area contributed by atoms with Crippen molar-refractivity contribution in [2.45, 2.75) is 18.6 Å². The number of thioether (sulfide) groups is 1. The molecule has 0 bridgehead atoms. The lowest BCUT2D eigenvalue weighted by Crippen LogP contribution is -2.43. The van der Waals surface area contributed by atoms with Gasteiger partial charge in [-0.1, -0.05) is 0 Å². The molecule has 1 fully saturated rings. The molecule has 5 nitrogen and oxygen atoms in total. The maximum absolute atomic E-state index is 5.33. The van der Waals surface area contributed by atoms with E-state index in [9.17, 15) is 0 Å². The van der Waals surface area contributed by atoms with Crippen molar-refractivity contribution in [3.05, 3.63) is 12.4 Å². The number of rotatable bonds is 2. The first-order valence-corrected chi connectivity index (χ1v) is 6.27. The van der Waals surface area contributed by atoms with E-state index in [0.29, 0.717) is 5.82 Å². The van der Waals surface area contributed by atoms with E-state index in [-0.39, 0.29) is 4.75 Å². The van der Waals surface area contributed by atoms with Crippen molar-refractivity contribution >= 4 is 23.4 Å². The second kappa shape index (κ2) is 4.47. The van der Waals surface area contributed by atoms with Crippen molar-refractivity contribution in [3.8, 4) is 0 Å². The first-order chi connectivity index (χ1) is 7.61. The average molecular weight is 239 g/mol. The number of nitrogens with two attached hydrogens (primary N) is 1. The highest BCUT2D eigenvalue weighted by molar-refractivity contribution is 8.00. The predicted octanol–water partition coefficient (Wildman–Crippen LogP) is 1.09. The Kier molecular flexibility index (Phi) is 3.20. The van der Waals surface area contributed by atoms with Crippen LogP contribution in [-0.2, 0) is 0 Å². The molecule has 3 N–H and O–H groups in total. The van der Waals surface area contributed by atoms with E-state index in [2.05, 4.69) is 34.1 Å². The summed E-state index contributed by atoms with van der Waals surface area (Å²) in [6, 6.07) is 0. The number of nitrogen functional groups attached to an aromatic ring is 1. The largest absolute Gasteiger partial charge is 0.353 e. The molecule has 1 aliphatic heterocycles. The number of anilines is 2. The standard InChI is InChI=1S/C10H17N5S/c1-10(2)7-15(3-4-16-10)9-6-12-5-8(13-9)14-11/h5-6H,3-4,7,11H2,1-2H3,(H,13,14). The minimum atomic E-state index is 0.270. The zero-order valence-corrected chi connectivity index (χ0v) is 10.4. The third-order valence-corrected chi connectivity index (χ3v) is 3.82. The van der Waals surface area contributed by atoms with Gasteiger partial charge in [-0.2, -0.15) is 11.8 Å². The highest BCUT2D eigenvalue weighted by atomic mass is 32.2. The average Bonchev–Trinajstić information content (AvgIpc) is 2.28. The number of hydrogen-bond acceptors (Lipinski definition) is 6. The maximum Gasteiger partial charge on any atom is 0.160 e. The molecular weight excluding hydrogens is 222 g/mol. The molecule has 0 aromatic carbocycles. The van der Waals surface area contributed by atoms with Gasteiger partial charge in [0, 0.05) is 23.6 Å². The Bertz CT molecular complexity index is 368. The first-order valence-electron chi connectivity index (χ1n) is 5.28. The van der Waals surface area contributed by atoms with Crippen LogP contribution in [0.25, 0.3) is 0 Å². The Hall–Kier alpha value is -1.01. The van der Waals surface area contributed by atoms with Crippen LogP contribution in [0.5, 0.6) is 0 Å². The van der Waals surface area contributed by atoms with Gasteiger partial charge < -0.3 is 10.3 Å². The monoisotopic (exact) mass is 239 g/mol. The molecule has 0 amide bonds. The Morgan fingerprint density at radius 2 is 2.31 bits per heavy atom. The quantitative estimate of drug-likeness (QED) is 0.595. The van der Waals surface area contributed by atoms with Crippen LogP contribution in [0.1, 0.15) is 13.8 Å². The molecule has 6 heteroatoms. The lowest BCUT2D eigenvalue weighted by atomic mass is 10.2. The topological polar surface area (TPSA) is 67.1 Å². The number of hydrazine groups is 1. The number of aromatic nitrogens is 2. The van der Waals surface area contributed by atoms with E-state index in [1.165, 1.54) is 0 Å². The highest BCUT2D eigenvalue weighted by Gasteiger charge is 2.27. The Labute approximate surface area is 99.8 Å². The van der Waals surface area contributed by atoms with Crippen molar-refractivity contribution in [2.75, 3.05) is 29.2 Å². The van der Waals surface area contributed by atoms with Gasteiger partial charge in [-0.25, -0.2) is 10.8 Å². The van der Waals surface area contributed by atoms with Crippen molar-refractivity contribution in [1.29, 1.82) is 0 Å². The highest BCUT2D eigenvalue weighted by Crippen LogP contribution is 2.31. The summed E-state index contributed by atoms with van der Waals surface area (Å²) in [7, 11) is 0. The van der Waals surface area contributed by atoms with E-state index in [4.69, 9.17) is 5.84 Å². The summed E-state index contributed by atoms with van der Waals surface area (Å²) in [4.78, 5) is 10.8. The summed E-state index contributed by atoms with van der Waals surface area (Å²) in [5, 5.41) is 0. The van der Waals surface area contributed by atoms with Crippen LogP contribution < -0.4 is 16.2 Å². The fourth-order valence-corrected chi connectivity index (χ4v) is 2.90. The second-order valence-corrected chi connectivity index (χ2v) is 6.24. The van der Waals surface area contributed by atoms with Crippen LogP contribution in [0.15, 0.2) is 12.4 Å². The van der Waals surface area contributed by atoms with E-state index in [1.807, 2.05) is 11.8 Å². The SMILES string of the molecule is CC1(C)CN(c2cncc(NN)n2)CCS1. The molecule has 0 saturated carbocycles. The molecule has 1 aromatic rings. The zero-order chi connectivity index (χ0) is 11.6. The lowest BCUT2D eigenvalue weighted by Gasteiger charge is -2.38. The molecule has 0 radical (unpaired) electrons. The zero-order valence-electron chi connectivity index (χ0n) is 9.60. The molecular formula is C10H17N5S. The molecule has 16 heavy (non-hydrogen) atoms. The second-order valence-electron chi connectivity index (χ2n) is 4.44. The molecule has 88 valence electrons. The molecule has 1 aliphatic rings. The fourth-order valence-electron chi connectivity index (χ4n) is 1.79. The van der Waals surface area contributed by atoms with Crippen LogP contribution in [0.2, 0.25) is 0 Å². The Morgan fingerprint density at radius 3 is 3.00 bits per heavy atom. The number of nitrogens with one attached hydrogen (secondary N) is 1. The Morgan fingerprint density at radius 1 is 1.50 bits per heavy atom. The van der Waals surface area contributed by atoms with Crippen LogP contribution in [0, 0.1) is 0 Å². The molecule has 0 atom stereocenters. The summed E-state index contributed by atoms with van der Waals surface area (Å²) in [5.41, 5.74) is 2.52. The summed E-state index contributed by atoms with van der Waals surface area (Å²) in [6.45, 7) is 6.50. The van der Waals surface area contributed by atoms with Crippen molar-refractivity contribution < 1.29 is 0 Å². The third-order valence-electron chi connectivity index (χ3n) is 2.52. The van der Waals surface area contributed by atoms with Gasteiger partial charge in [0.15, 0.2) is 5.82 Å². The normalized spacial score (nSPS) is 19.6. The van der Waals surface area contributed by atoms with E-state index < -0.39 is 0 Å². The van der Waals surface area contributed by atoms with Gasteiger partial charge in [0.05, 0.1) is 12.4 Å². The lowest BCUT2D eigenvalue weighted by molar-refractivity contribution is 0.641. The van der Waals surface area contributed by atoms with Gasteiger partial charge in [0.25, 0.3) is 0 Å². The first kappa shape index (κ1) is 11.5. The third kappa shape index (κ3) is 2.56. The van der Waals surface area contributed by atoms with Crippen molar-refractivity contribution in [1.82, 2.24) is 9.97 Å². The van der Waals surface area contributed by atoms with Crippen LogP contribution in [-0.4, -0.2) is 33.6 Å². The van der Waals surface area contributed by atoms with Gasteiger partial charge in [-0.3, -0.25) is 4.98 Å². The van der Waals surface area contributed by atoms with Gasteiger partial charge in [-0.05, 0) is 13.8 Å². The molecule has 0 aliphatic carbocycles.